The molecule has 2 unspecified atom stereocenters. The lowest BCUT2D eigenvalue weighted by atomic mass is 9.68. The van der Waals surface area contributed by atoms with Crippen molar-refractivity contribution >= 4 is 17.6 Å². The molecule has 6 rings (SSSR count). The molecule has 2 aliphatic carbocycles. The van der Waals surface area contributed by atoms with E-state index in [4.69, 9.17) is 0 Å². The first-order valence-electron chi connectivity index (χ1n) is 14.7. The van der Waals surface area contributed by atoms with Crippen LogP contribution in [0.1, 0.15) is 83.5 Å². The first-order valence-corrected chi connectivity index (χ1v) is 14.7. The zero-order valence-corrected chi connectivity index (χ0v) is 21.6. The van der Waals surface area contributed by atoms with Gasteiger partial charge in [0.05, 0.1) is 6.54 Å². The molecule has 196 valence electrons. The molecule has 0 radical (unpaired) electrons. The number of piperidine rings is 2. The molecule has 0 aromatic heterocycles. The van der Waals surface area contributed by atoms with Crippen molar-refractivity contribution in [1.82, 2.24) is 9.80 Å². The number of carbonyl (C=O) groups excluding carboxylic acids is 1. The average Bonchev–Trinajstić information content (AvgIpc) is 3.37. The van der Waals surface area contributed by atoms with Crippen molar-refractivity contribution in [2.45, 2.75) is 114 Å². The van der Waals surface area contributed by atoms with Gasteiger partial charge in [0, 0.05) is 36.4 Å². The monoisotopic (exact) mass is 493 g/mol. The number of carboxylic acid groups (broad SMARTS) is 1. The molecule has 0 spiro atoms. The number of anilines is 1. The number of carbonyl (C=O) groups is 2. The lowest BCUT2D eigenvalue weighted by Gasteiger charge is -2.56. The van der Waals surface area contributed by atoms with Crippen molar-refractivity contribution in [3.63, 3.8) is 0 Å². The second kappa shape index (κ2) is 10.4. The number of aliphatic carboxylic acids is 1. The molecule has 7 atom stereocenters. The fourth-order valence-corrected chi connectivity index (χ4v) is 8.79. The van der Waals surface area contributed by atoms with Gasteiger partial charge in [-0.25, -0.2) is 4.79 Å². The summed E-state index contributed by atoms with van der Waals surface area (Å²) in [4.78, 5) is 32.1. The Labute approximate surface area is 216 Å². The Morgan fingerprint density at radius 1 is 0.806 bits per heavy atom. The Morgan fingerprint density at radius 3 is 2.14 bits per heavy atom. The van der Waals surface area contributed by atoms with Crippen molar-refractivity contribution in [2.24, 2.45) is 11.8 Å². The third-order valence-corrected chi connectivity index (χ3v) is 10.2. The summed E-state index contributed by atoms with van der Waals surface area (Å²) in [5, 5.41) is 9.64. The van der Waals surface area contributed by atoms with Gasteiger partial charge in [0.2, 0.25) is 5.91 Å². The van der Waals surface area contributed by atoms with E-state index < -0.39 is 12.0 Å². The van der Waals surface area contributed by atoms with Crippen LogP contribution in [0, 0.1) is 11.8 Å². The third kappa shape index (κ3) is 4.78. The van der Waals surface area contributed by atoms with Gasteiger partial charge in [0.15, 0.2) is 0 Å². The topological polar surface area (TPSA) is 64.1 Å². The molecule has 1 aromatic rings. The molecule has 3 heterocycles. The normalized spacial score (nSPS) is 36.4. The molecule has 5 fully saturated rings. The molecule has 6 nitrogen and oxygen atoms in total. The standard InChI is InChI=1S/C30H43N3O3/c34-29(31-14-6-13-28(31)30(35)36)20-32(23-9-2-1-3-10-23)26-18-24-11-5-12-25(19-26)33(24)27-16-21-7-4-8-22(15-21)17-27/h1-3,9-10,21-22,24-28H,4-8,11-20H2,(H,35,36)/t21-,22+,24-,25+,26?,27?,28-/m0/s1. The number of para-hydroxylation sites is 1. The van der Waals surface area contributed by atoms with E-state index >= 15 is 0 Å². The largest absolute Gasteiger partial charge is 0.480 e. The van der Waals surface area contributed by atoms with Crippen LogP contribution in [0.4, 0.5) is 5.69 Å². The van der Waals surface area contributed by atoms with Gasteiger partial charge < -0.3 is 14.9 Å². The van der Waals surface area contributed by atoms with Crippen molar-refractivity contribution in [2.75, 3.05) is 18.0 Å². The minimum absolute atomic E-state index is 0.0311. The van der Waals surface area contributed by atoms with E-state index in [1.165, 1.54) is 57.8 Å². The van der Waals surface area contributed by atoms with Gasteiger partial charge in [-0.05, 0) is 81.8 Å². The maximum atomic E-state index is 13.5. The van der Waals surface area contributed by atoms with E-state index in [1.54, 1.807) is 4.90 Å². The summed E-state index contributed by atoms with van der Waals surface area (Å²) in [7, 11) is 0. The number of nitrogens with zero attached hydrogens (tertiary/aromatic N) is 3. The molecule has 2 saturated carbocycles. The molecule has 1 aromatic carbocycles. The maximum absolute atomic E-state index is 13.5. The van der Waals surface area contributed by atoms with Crippen molar-refractivity contribution in [3.8, 4) is 0 Å². The van der Waals surface area contributed by atoms with Crippen LogP contribution in [0.25, 0.3) is 0 Å². The van der Waals surface area contributed by atoms with Crippen LogP contribution in [0.15, 0.2) is 30.3 Å². The molecule has 1 N–H and O–H groups in total. The van der Waals surface area contributed by atoms with E-state index in [-0.39, 0.29) is 12.5 Å². The number of likely N-dealkylation sites (tertiary alicyclic amines) is 1. The summed E-state index contributed by atoms with van der Waals surface area (Å²) in [5.41, 5.74) is 1.10. The number of fused-ring (bicyclic) bond motifs is 4. The highest BCUT2D eigenvalue weighted by molar-refractivity contribution is 5.87. The Kier molecular flexibility index (Phi) is 6.98. The highest BCUT2D eigenvalue weighted by Crippen LogP contribution is 2.46. The van der Waals surface area contributed by atoms with Crippen LogP contribution < -0.4 is 4.90 Å². The second-order valence-corrected chi connectivity index (χ2v) is 12.4. The van der Waals surface area contributed by atoms with E-state index in [0.29, 0.717) is 31.1 Å². The van der Waals surface area contributed by atoms with Gasteiger partial charge in [-0.15, -0.1) is 0 Å². The molecule has 3 saturated heterocycles. The van der Waals surface area contributed by atoms with Gasteiger partial charge in [-0.2, -0.15) is 0 Å². The lowest BCUT2D eigenvalue weighted by Crippen LogP contribution is -2.62. The Morgan fingerprint density at radius 2 is 1.47 bits per heavy atom. The van der Waals surface area contributed by atoms with Crippen molar-refractivity contribution in [1.29, 1.82) is 0 Å². The quantitative estimate of drug-likeness (QED) is 0.609. The van der Waals surface area contributed by atoms with Crippen LogP contribution in [-0.4, -0.2) is 70.1 Å². The fraction of sp³-hybridized carbons (Fsp3) is 0.733. The van der Waals surface area contributed by atoms with E-state index in [0.717, 1.165) is 42.8 Å². The third-order valence-electron chi connectivity index (χ3n) is 10.2. The highest BCUT2D eigenvalue weighted by Gasteiger charge is 2.46. The van der Waals surface area contributed by atoms with Crippen LogP contribution >= 0.6 is 0 Å². The molecule has 6 heteroatoms. The number of hydrogen-bond donors (Lipinski definition) is 1. The zero-order valence-electron chi connectivity index (χ0n) is 21.6. The molecular weight excluding hydrogens is 450 g/mol. The Balaban J connectivity index is 1.21. The Bertz CT molecular complexity index is 913. The smallest absolute Gasteiger partial charge is 0.326 e. The van der Waals surface area contributed by atoms with Crippen LogP contribution in [-0.2, 0) is 9.59 Å². The summed E-state index contributed by atoms with van der Waals surface area (Å²) >= 11 is 0. The fourth-order valence-electron chi connectivity index (χ4n) is 8.79. The van der Waals surface area contributed by atoms with E-state index in [1.807, 2.05) is 6.07 Å². The van der Waals surface area contributed by atoms with Gasteiger partial charge in [0.25, 0.3) is 0 Å². The first kappa shape index (κ1) is 24.3. The first-order chi connectivity index (χ1) is 17.6. The minimum atomic E-state index is -0.868. The molecule has 5 aliphatic rings. The number of hydrogen-bond acceptors (Lipinski definition) is 4. The number of rotatable bonds is 6. The summed E-state index contributed by atoms with van der Waals surface area (Å²) < 4.78 is 0. The van der Waals surface area contributed by atoms with E-state index in [2.05, 4.69) is 34.1 Å². The lowest BCUT2D eigenvalue weighted by molar-refractivity contribution is -0.147. The van der Waals surface area contributed by atoms with Crippen LogP contribution in [0.2, 0.25) is 0 Å². The van der Waals surface area contributed by atoms with Crippen molar-refractivity contribution in [3.05, 3.63) is 30.3 Å². The number of amides is 1. The predicted octanol–water partition coefficient (Wildman–Crippen LogP) is 4.92. The summed E-state index contributed by atoms with van der Waals surface area (Å²) in [5.74, 6) is 0.993. The molecular formula is C30H43N3O3. The number of benzene rings is 1. The average molecular weight is 494 g/mol. The van der Waals surface area contributed by atoms with Gasteiger partial charge in [0.1, 0.15) is 6.04 Å². The van der Waals surface area contributed by atoms with Crippen LogP contribution in [0.5, 0.6) is 0 Å². The summed E-state index contributed by atoms with van der Waals surface area (Å²) in [6.45, 7) is 0.845. The van der Waals surface area contributed by atoms with Crippen LogP contribution in [0.3, 0.4) is 0 Å². The SMILES string of the molecule is O=C(O)[C@@H]1CCCN1C(=O)CN(c1ccccc1)C1C[C@H]2CCC[C@@H](C1)N2C1C[C@H]2CCC[C@@H](C1)C2. The molecule has 1 amide bonds. The van der Waals surface area contributed by atoms with E-state index in [9.17, 15) is 14.7 Å². The second-order valence-electron chi connectivity index (χ2n) is 12.4. The zero-order chi connectivity index (χ0) is 24.6. The van der Waals surface area contributed by atoms with Gasteiger partial charge in [-0.1, -0.05) is 43.9 Å². The molecule has 3 aliphatic heterocycles. The summed E-state index contributed by atoms with van der Waals surface area (Å²) in [6, 6.07) is 12.0. The predicted molar refractivity (Wildman–Crippen MR) is 141 cm³/mol. The molecule has 36 heavy (non-hydrogen) atoms. The number of carboxylic acids is 1. The van der Waals surface area contributed by atoms with Crippen molar-refractivity contribution < 1.29 is 14.7 Å². The van der Waals surface area contributed by atoms with Gasteiger partial charge >= 0.3 is 5.97 Å². The van der Waals surface area contributed by atoms with Gasteiger partial charge in [-0.3, -0.25) is 9.69 Å². The highest BCUT2D eigenvalue weighted by atomic mass is 16.4. The molecule has 4 bridgehead atoms. The maximum Gasteiger partial charge on any atom is 0.326 e. The minimum Gasteiger partial charge on any atom is -0.480 e. The summed E-state index contributed by atoms with van der Waals surface area (Å²) in [6.07, 6.45) is 16.1. The Hall–Kier alpha value is -2.08.